The van der Waals surface area contributed by atoms with Gasteiger partial charge in [0.2, 0.25) is 0 Å². The van der Waals surface area contributed by atoms with Gasteiger partial charge in [-0.1, -0.05) is 19.8 Å². The predicted octanol–water partition coefficient (Wildman–Crippen LogP) is 2.90. The van der Waals surface area contributed by atoms with Gasteiger partial charge in [-0.3, -0.25) is 4.90 Å². The monoisotopic (exact) mass is 270 g/mol. The van der Waals surface area contributed by atoms with Crippen LogP contribution in [0.2, 0.25) is 0 Å². The average Bonchev–Trinajstić information content (AvgIpc) is 2.64. The molecule has 0 saturated carbocycles. The van der Waals surface area contributed by atoms with Crippen molar-refractivity contribution in [1.29, 1.82) is 0 Å². The van der Waals surface area contributed by atoms with Crippen LogP contribution in [-0.4, -0.2) is 50.8 Å². The van der Waals surface area contributed by atoms with Gasteiger partial charge in [-0.2, -0.15) is 0 Å². The molecule has 2 atom stereocenters. The van der Waals surface area contributed by atoms with E-state index in [0.29, 0.717) is 6.04 Å². The molecule has 1 N–H and O–H groups in total. The van der Waals surface area contributed by atoms with Crippen LogP contribution in [0.3, 0.4) is 0 Å². The molecule has 1 saturated heterocycles. The maximum absolute atomic E-state index is 5.07. The van der Waals surface area contributed by atoms with Crippen molar-refractivity contribution in [2.45, 2.75) is 58.4 Å². The highest BCUT2D eigenvalue weighted by Crippen LogP contribution is 2.22. The summed E-state index contributed by atoms with van der Waals surface area (Å²) in [4.78, 5) is 2.68. The summed E-state index contributed by atoms with van der Waals surface area (Å²) in [5, 5.41) is 3.55. The first-order valence-corrected chi connectivity index (χ1v) is 8.21. The van der Waals surface area contributed by atoms with Crippen molar-refractivity contribution in [1.82, 2.24) is 10.2 Å². The molecule has 3 nitrogen and oxygen atoms in total. The van der Waals surface area contributed by atoms with E-state index in [1.54, 1.807) is 7.11 Å². The van der Waals surface area contributed by atoms with Gasteiger partial charge in [0.15, 0.2) is 0 Å². The van der Waals surface area contributed by atoms with Gasteiger partial charge in [0.1, 0.15) is 0 Å². The van der Waals surface area contributed by atoms with Gasteiger partial charge < -0.3 is 10.1 Å². The molecule has 0 amide bonds. The second-order valence-electron chi connectivity index (χ2n) is 6.02. The van der Waals surface area contributed by atoms with Crippen molar-refractivity contribution in [2.24, 2.45) is 5.92 Å². The molecule has 19 heavy (non-hydrogen) atoms. The Bertz CT molecular complexity index is 211. The first-order valence-electron chi connectivity index (χ1n) is 8.21. The molecule has 0 aliphatic carbocycles. The minimum absolute atomic E-state index is 0.669. The highest BCUT2D eigenvalue weighted by atomic mass is 16.5. The van der Waals surface area contributed by atoms with Crippen LogP contribution in [-0.2, 0) is 4.74 Å². The Morgan fingerprint density at radius 3 is 2.89 bits per heavy atom. The number of likely N-dealkylation sites (tertiary alicyclic amines) is 1. The summed E-state index contributed by atoms with van der Waals surface area (Å²) in [6, 6.07) is 0.669. The summed E-state index contributed by atoms with van der Waals surface area (Å²) >= 11 is 0. The molecule has 1 fully saturated rings. The lowest BCUT2D eigenvalue weighted by Gasteiger charge is -2.28. The molecule has 114 valence electrons. The van der Waals surface area contributed by atoms with Crippen LogP contribution in [0.5, 0.6) is 0 Å². The summed E-state index contributed by atoms with van der Waals surface area (Å²) in [6.07, 6.45) is 8.12. The van der Waals surface area contributed by atoms with Gasteiger partial charge in [0, 0.05) is 26.3 Å². The van der Waals surface area contributed by atoms with E-state index in [1.807, 2.05) is 0 Å². The highest BCUT2D eigenvalue weighted by molar-refractivity contribution is 4.75. The summed E-state index contributed by atoms with van der Waals surface area (Å²) in [5.74, 6) is 0.983. The van der Waals surface area contributed by atoms with Crippen LogP contribution >= 0.6 is 0 Å². The fourth-order valence-electron chi connectivity index (χ4n) is 3.11. The fourth-order valence-corrected chi connectivity index (χ4v) is 3.11. The van der Waals surface area contributed by atoms with E-state index < -0.39 is 0 Å². The van der Waals surface area contributed by atoms with Gasteiger partial charge in [-0.15, -0.1) is 0 Å². The predicted molar refractivity (Wildman–Crippen MR) is 82.6 cm³/mol. The molecule has 1 rings (SSSR count). The Morgan fingerprint density at radius 2 is 2.16 bits per heavy atom. The molecular weight excluding hydrogens is 236 g/mol. The van der Waals surface area contributed by atoms with Gasteiger partial charge in [-0.25, -0.2) is 0 Å². The van der Waals surface area contributed by atoms with E-state index in [9.17, 15) is 0 Å². The SMILES string of the molecule is CCCC1CCCN(C(C)CNCCCOC)CC1. The second-order valence-corrected chi connectivity index (χ2v) is 6.02. The van der Waals surface area contributed by atoms with Gasteiger partial charge in [-0.05, 0) is 58.2 Å². The molecule has 0 spiro atoms. The molecule has 0 radical (unpaired) electrons. The Hall–Kier alpha value is -0.120. The zero-order valence-electron chi connectivity index (χ0n) is 13.3. The van der Waals surface area contributed by atoms with Crippen LogP contribution in [0.25, 0.3) is 0 Å². The molecule has 0 aromatic heterocycles. The zero-order valence-corrected chi connectivity index (χ0v) is 13.3. The Kier molecular flexibility index (Phi) is 9.48. The van der Waals surface area contributed by atoms with Crippen molar-refractivity contribution in [3.8, 4) is 0 Å². The number of rotatable bonds is 9. The van der Waals surface area contributed by atoms with E-state index in [1.165, 1.54) is 45.2 Å². The first-order chi connectivity index (χ1) is 9.27. The standard InChI is InChI=1S/C16H34N2O/c1-4-7-16-8-5-11-18(12-9-16)15(2)14-17-10-6-13-19-3/h15-17H,4-14H2,1-3H3. The number of hydrogen-bond acceptors (Lipinski definition) is 3. The highest BCUT2D eigenvalue weighted by Gasteiger charge is 2.19. The van der Waals surface area contributed by atoms with Gasteiger partial charge >= 0.3 is 0 Å². The van der Waals surface area contributed by atoms with Crippen molar-refractivity contribution < 1.29 is 4.74 Å². The Morgan fingerprint density at radius 1 is 1.32 bits per heavy atom. The first kappa shape index (κ1) is 16.9. The number of ether oxygens (including phenoxy) is 1. The largest absolute Gasteiger partial charge is 0.385 e. The van der Waals surface area contributed by atoms with Crippen molar-refractivity contribution in [3.63, 3.8) is 0 Å². The quantitative estimate of drug-likeness (QED) is 0.652. The lowest BCUT2D eigenvalue weighted by atomic mass is 9.96. The number of nitrogens with zero attached hydrogens (tertiary/aromatic N) is 1. The van der Waals surface area contributed by atoms with E-state index in [2.05, 4.69) is 24.1 Å². The number of methoxy groups -OCH3 is 1. The summed E-state index contributed by atoms with van der Waals surface area (Å²) in [7, 11) is 1.77. The maximum Gasteiger partial charge on any atom is 0.0474 e. The van der Waals surface area contributed by atoms with Crippen molar-refractivity contribution in [2.75, 3.05) is 39.9 Å². The normalized spacial score (nSPS) is 23.2. The molecule has 2 unspecified atom stereocenters. The molecule has 3 heteroatoms. The summed E-state index contributed by atoms with van der Waals surface area (Å²) < 4.78 is 5.07. The Labute approximate surface area is 120 Å². The summed E-state index contributed by atoms with van der Waals surface area (Å²) in [6.45, 7) is 10.3. The van der Waals surface area contributed by atoms with E-state index in [0.717, 1.165) is 32.0 Å². The molecule has 0 aromatic rings. The minimum atomic E-state index is 0.669. The third-order valence-electron chi connectivity index (χ3n) is 4.34. The molecule has 0 bridgehead atoms. The van der Waals surface area contributed by atoms with Crippen molar-refractivity contribution in [3.05, 3.63) is 0 Å². The van der Waals surface area contributed by atoms with Crippen molar-refractivity contribution >= 4 is 0 Å². The number of nitrogens with one attached hydrogen (secondary N) is 1. The average molecular weight is 270 g/mol. The molecule has 1 aliphatic heterocycles. The third kappa shape index (κ3) is 7.28. The minimum Gasteiger partial charge on any atom is -0.385 e. The van der Waals surface area contributed by atoms with Crippen LogP contribution in [0.1, 0.15) is 52.4 Å². The Balaban J connectivity index is 2.15. The van der Waals surface area contributed by atoms with Crippen LogP contribution in [0.15, 0.2) is 0 Å². The topological polar surface area (TPSA) is 24.5 Å². The lowest BCUT2D eigenvalue weighted by molar-refractivity contribution is 0.188. The number of hydrogen-bond donors (Lipinski definition) is 1. The maximum atomic E-state index is 5.07. The van der Waals surface area contributed by atoms with E-state index >= 15 is 0 Å². The fraction of sp³-hybridized carbons (Fsp3) is 1.00. The van der Waals surface area contributed by atoms with Gasteiger partial charge in [0.25, 0.3) is 0 Å². The molecule has 1 aliphatic rings. The van der Waals surface area contributed by atoms with E-state index in [-0.39, 0.29) is 0 Å². The second kappa shape index (κ2) is 10.6. The molecular formula is C16H34N2O. The molecule has 0 aromatic carbocycles. The smallest absolute Gasteiger partial charge is 0.0474 e. The zero-order chi connectivity index (χ0) is 13.9. The summed E-state index contributed by atoms with van der Waals surface area (Å²) in [5.41, 5.74) is 0. The van der Waals surface area contributed by atoms with E-state index in [4.69, 9.17) is 4.74 Å². The molecule has 1 heterocycles. The van der Waals surface area contributed by atoms with Gasteiger partial charge in [0.05, 0.1) is 0 Å². The van der Waals surface area contributed by atoms with Crippen LogP contribution in [0, 0.1) is 5.92 Å². The third-order valence-corrected chi connectivity index (χ3v) is 4.34. The lowest BCUT2D eigenvalue weighted by Crippen LogP contribution is -2.41. The van der Waals surface area contributed by atoms with Crippen LogP contribution < -0.4 is 5.32 Å². The van der Waals surface area contributed by atoms with Crippen LogP contribution in [0.4, 0.5) is 0 Å².